The summed E-state index contributed by atoms with van der Waals surface area (Å²) in [6.45, 7) is 0. The molecule has 0 spiro atoms. The first-order valence-electron chi connectivity index (χ1n) is 12.2. The number of aryl methyl sites for hydroxylation is 2. The Kier molecular flexibility index (Phi) is 5.77. The molecule has 6 nitrogen and oxygen atoms in total. The SMILES string of the molecule is COc1cccc2ccc[n+](C(Oc3cccc4ccc[n+](C)c34)Oc3cccc4ccc[n+](C)c34)c12. The van der Waals surface area contributed by atoms with Crippen LogP contribution >= 0.6 is 0 Å². The normalized spacial score (nSPS) is 11.4. The van der Waals surface area contributed by atoms with Crippen molar-refractivity contribution in [2.45, 2.75) is 6.41 Å². The lowest BCUT2D eigenvalue weighted by Crippen LogP contribution is -2.47. The lowest BCUT2D eigenvalue weighted by molar-refractivity contribution is -0.766. The van der Waals surface area contributed by atoms with Gasteiger partial charge in [0.25, 0.3) is 16.6 Å². The van der Waals surface area contributed by atoms with E-state index in [2.05, 4.69) is 45.5 Å². The Labute approximate surface area is 215 Å². The van der Waals surface area contributed by atoms with Gasteiger partial charge >= 0.3 is 6.41 Å². The maximum absolute atomic E-state index is 6.75. The number of ether oxygens (including phenoxy) is 3. The number of hydrogen-bond donors (Lipinski definition) is 0. The van der Waals surface area contributed by atoms with Crippen LogP contribution < -0.4 is 27.9 Å². The van der Waals surface area contributed by atoms with Crippen LogP contribution in [0, 0.1) is 0 Å². The molecule has 0 fully saturated rings. The van der Waals surface area contributed by atoms with Crippen molar-refractivity contribution in [3.05, 3.63) is 110 Å². The minimum absolute atomic E-state index is 0.717. The second kappa shape index (κ2) is 9.39. The topological polar surface area (TPSA) is 39.3 Å². The smallest absolute Gasteiger partial charge is 0.468 e. The Hall–Kier alpha value is -4.71. The maximum atomic E-state index is 6.75. The summed E-state index contributed by atoms with van der Waals surface area (Å²) >= 11 is 0. The van der Waals surface area contributed by atoms with Crippen LogP contribution in [0.3, 0.4) is 0 Å². The first kappa shape index (κ1) is 22.7. The number of hydrogen-bond acceptors (Lipinski definition) is 3. The molecule has 182 valence electrons. The summed E-state index contributed by atoms with van der Waals surface area (Å²) in [7, 11) is 5.71. The van der Waals surface area contributed by atoms with Crippen LogP contribution in [0.5, 0.6) is 17.2 Å². The van der Waals surface area contributed by atoms with Crippen molar-refractivity contribution in [1.29, 1.82) is 0 Å². The van der Waals surface area contributed by atoms with Crippen LogP contribution in [0.25, 0.3) is 32.7 Å². The second-order valence-electron chi connectivity index (χ2n) is 8.98. The summed E-state index contributed by atoms with van der Waals surface area (Å²) in [4.78, 5) is 0. The highest BCUT2D eigenvalue weighted by atomic mass is 16.7. The van der Waals surface area contributed by atoms with Gasteiger partial charge in [0.15, 0.2) is 24.3 Å². The lowest BCUT2D eigenvalue weighted by Gasteiger charge is -2.17. The zero-order valence-electron chi connectivity index (χ0n) is 21.0. The summed E-state index contributed by atoms with van der Waals surface area (Å²) in [5.41, 5.74) is 2.84. The Balaban J connectivity index is 1.57. The molecule has 0 saturated heterocycles. The molecule has 6 rings (SSSR count). The number of benzene rings is 3. The molecule has 0 saturated carbocycles. The quantitative estimate of drug-likeness (QED) is 0.251. The van der Waals surface area contributed by atoms with E-state index in [0.29, 0.717) is 0 Å². The van der Waals surface area contributed by atoms with Crippen LogP contribution in [0.4, 0.5) is 0 Å². The largest absolute Gasteiger partial charge is 0.490 e. The van der Waals surface area contributed by atoms with Gasteiger partial charge in [0.1, 0.15) is 14.1 Å². The highest BCUT2D eigenvalue weighted by Gasteiger charge is 2.31. The Morgan fingerprint density at radius 1 is 0.514 bits per heavy atom. The van der Waals surface area contributed by atoms with E-state index in [-0.39, 0.29) is 0 Å². The third-order valence-corrected chi connectivity index (χ3v) is 6.65. The molecule has 3 aromatic heterocycles. The molecule has 0 bridgehead atoms. The van der Waals surface area contributed by atoms with Crippen molar-refractivity contribution < 1.29 is 27.9 Å². The van der Waals surface area contributed by atoms with Gasteiger partial charge in [-0.05, 0) is 54.6 Å². The number of methoxy groups -OCH3 is 1. The van der Waals surface area contributed by atoms with Gasteiger partial charge in [0.2, 0.25) is 11.5 Å². The number of rotatable bonds is 6. The van der Waals surface area contributed by atoms with Gasteiger partial charge in [-0.15, -0.1) is 4.57 Å². The highest BCUT2D eigenvalue weighted by Crippen LogP contribution is 2.30. The molecule has 0 aliphatic rings. The third-order valence-electron chi connectivity index (χ3n) is 6.65. The summed E-state index contributed by atoms with van der Waals surface area (Å²) in [5, 5.41) is 3.18. The Morgan fingerprint density at radius 2 is 0.946 bits per heavy atom. The fraction of sp³-hybridized carbons (Fsp3) is 0.129. The van der Waals surface area contributed by atoms with E-state index in [4.69, 9.17) is 14.2 Å². The highest BCUT2D eigenvalue weighted by molar-refractivity contribution is 5.83. The molecule has 0 N–H and O–H groups in total. The zero-order valence-corrected chi connectivity index (χ0v) is 21.0. The lowest BCUT2D eigenvalue weighted by atomic mass is 10.2. The minimum Gasteiger partial charge on any atom is -0.490 e. The summed E-state index contributed by atoms with van der Waals surface area (Å²) in [6, 6.07) is 30.4. The van der Waals surface area contributed by atoms with Gasteiger partial charge in [-0.3, -0.25) is 0 Å². The number of aromatic nitrogens is 3. The molecule has 3 aromatic carbocycles. The molecule has 3 heterocycles. The van der Waals surface area contributed by atoms with E-state index in [0.717, 1.165) is 50.0 Å². The van der Waals surface area contributed by atoms with Crippen molar-refractivity contribution in [3.8, 4) is 17.2 Å². The zero-order chi connectivity index (χ0) is 25.4. The minimum atomic E-state index is -0.823. The molecule has 0 aliphatic heterocycles. The predicted molar refractivity (Wildman–Crippen MR) is 141 cm³/mol. The second-order valence-corrected chi connectivity index (χ2v) is 8.98. The molecule has 37 heavy (non-hydrogen) atoms. The van der Waals surface area contributed by atoms with Gasteiger partial charge in [0, 0.05) is 18.2 Å². The van der Waals surface area contributed by atoms with Crippen LogP contribution in [0.2, 0.25) is 0 Å². The van der Waals surface area contributed by atoms with Crippen molar-refractivity contribution in [1.82, 2.24) is 0 Å². The molecule has 0 radical (unpaired) electrons. The van der Waals surface area contributed by atoms with E-state index in [1.54, 1.807) is 7.11 Å². The predicted octanol–water partition coefficient (Wildman–Crippen LogP) is 4.71. The van der Waals surface area contributed by atoms with Crippen molar-refractivity contribution in [2.24, 2.45) is 14.1 Å². The monoisotopic (exact) mass is 490 g/mol. The Morgan fingerprint density at radius 3 is 1.46 bits per heavy atom. The molecule has 0 aliphatic carbocycles. The van der Waals surface area contributed by atoms with Crippen molar-refractivity contribution >= 4 is 32.7 Å². The standard InChI is InChI=1S/C31H28N3O3/c1-32-19-7-13-22-10-5-17-26(28(22)32)36-31(34-21-9-15-24-12-4-16-25(35-3)30(24)34)37-27-18-6-11-23-14-8-20-33(2)29(23)27/h4-21,31H,1-3H3/q+3. The molecule has 0 atom stereocenters. The first-order valence-corrected chi connectivity index (χ1v) is 12.2. The van der Waals surface area contributed by atoms with Crippen molar-refractivity contribution in [2.75, 3.05) is 7.11 Å². The molecule has 0 amide bonds. The molecule has 6 heteroatoms. The van der Waals surface area contributed by atoms with E-state index >= 15 is 0 Å². The molecule has 6 aromatic rings. The van der Waals surface area contributed by atoms with E-state index in [1.165, 1.54) is 0 Å². The van der Waals surface area contributed by atoms with Crippen LogP contribution in [-0.2, 0) is 14.1 Å². The summed E-state index contributed by atoms with van der Waals surface area (Å²) in [5.74, 6) is 2.17. The molecule has 0 unspecified atom stereocenters. The average molecular weight is 491 g/mol. The molecular weight excluding hydrogens is 462 g/mol. The van der Waals surface area contributed by atoms with Crippen molar-refractivity contribution in [3.63, 3.8) is 0 Å². The van der Waals surface area contributed by atoms with Crippen LogP contribution in [0.15, 0.2) is 110 Å². The van der Waals surface area contributed by atoms with Gasteiger partial charge < -0.3 is 14.2 Å². The molecular formula is C31H28N3O3+3. The van der Waals surface area contributed by atoms with Gasteiger partial charge in [0.05, 0.1) is 23.3 Å². The van der Waals surface area contributed by atoms with Crippen LogP contribution in [0.1, 0.15) is 6.41 Å². The van der Waals surface area contributed by atoms with E-state index in [1.807, 2.05) is 91.9 Å². The summed E-state index contributed by atoms with van der Waals surface area (Å²) in [6.07, 6.45) is 5.18. The number of nitrogens with zero attached hydrogens (tertiary/aromatic N) is 3. The van der Waals surface area contributed by atoms with Gasteiger partial charge in [-0.2, -0.15) is 9.13 Å². The third kappa shape index (κ3) is 4.06. The number of fused-ring (bicyclic) bond motifs is 3. The van der Waals surface area contributed by atoms with Gasteiger partial charge in [-0.25, -0.2) is 0 Å². The fourth-order valence-corrected chi connectivity index (χ4v) is 4.95. The van der Waals surface area contributed by atoms with Gasteiger partial charge in [-0.1, -0.05) is 18.2 Å². The number of pyridine rings is 3. The summed E-state index contributed by atoms with van der Waals surface area (Å²) < 4.78 is 25.4. The Bertz CT molecular complexity index is 1660. The van der Waals surface area contributed by atoms with Crippen LogP contribution in [-0.4, -0.2) is 7.11 Å². The van der Waals surface area contributed by atoms with E-state index < -0.39 is 6.41 Å². The first-order chi connectivity index (χ1) is 18.1. The van der Waals surface area contributed by atoms with E-state index in [9.17, 15) is 0 Å². The average Bonchev–Trinajstić information content (AvgIpc) is 2.92. The fourth-order valence-electron chi connectivity index (χ4n) is 4.95. The maximum Gasteiger partial charge on any atom is 0.468 e. The number of para-hydroxylation sites is 3.